The summed E-state index contributed by atoms with van der Waals surface area (Å²) in [5.41, 5.74) is 3.61. The van der Waals surface area contributed by atoms with E-state index in [1.165, 1.54) is 5.56 Å². The maximum Gasteiger partial charge on any atom is 0.161 e. The van der Waals surface area contributed by atoms with E-state index in [1.54, 1.807) is 0 Å². The van der Waals surface area contributed by atoms with Gasteiger partial charge in [0.2, 0.25) is 0 Å². The molecule has 0 saturated heterocycles. The fourth-order valence-corrected chi connectivity index (χ4v) is 2.24. The van der Waals surface area contributed by atoms with E-state index < -0.39 is 0 Å². The lowest BCUT2D eigenvalue weighted by Crippen LogP contribution is -1.98. The second kappa shape index (κ2) is 8.05. The van der Waals surface area contributed by atoms with Crippen LogP contribution in [0.3, 0.4) is 0 Å². The van der Waals surface area contributed by atoms with Crippen molar-refractivity contribution in [3.05, 3.63) is 59.2 Å². The van der Waals surface area contributed by atoms with Crippen molar-refractivity contribution in [2.24, 2.45) is 0 Å². The van der Waals surface area contributed by atoms with Crippen LogP contribution in [0.25, 0.3) is 11.6 Å². The van der Waals surface area contributed by atoms with Crippen LogP contribution in [0.2, 0.25) is 0 Å². The Morgan fingerprint density at radius 2 is 1.65 bits per heavy atom. The van der Waals surface area contributed by atoms with Crippen LogP contribution in [0.15, 0.2) is 42.5 Å². The second-order valence-electron chi connectivity index (χ2n) is 5.11. The van der Waals surface area contributed by atoms with Gasteiger partial charge < -0.3 is 9.47 Å². The average molecular weight is 307 g/mol. The minimum Gasteiger partial charge on any atom is -0.490 e. The highest BCUT2D eigenvalue weighted by Crippen LogP contribution is 2.30. The fraction of sp³-hybridized carbons (Fsp3) is 0.250. The van der Waals surface area contributed by atoms with Crippen molar-refractivity contribution in [3.63, 3.8) is 0 Å². The van der Waals surface area contributed by atoms with Gasteiger partial charge in [0, 0.05) is 0 Å². The lowest BCUT2D eigenvalue weighted by atomic mass is 10.0. The maximum atomic E-state index is 9.45. The van der Waals surface area contributed by atoms with Crippen LogP contribution in [-0.4, -0.2) is 13.2 Å². The predicted molar refractivity (Wildman–Crippen MR) is 93.4 cm³/mol. The van der Waals surface area contributed by atoms with Crippen molar-refractivity contribution >= 4 is 11.6 Å². The van der Waals surface area contributed by atoms with E-state index in [4.69, 9.17) is 9.47 Å². The summed E-state index contributed by atoms with van der Waals surface area (Å²) in [5.74, 6) is 1.42. The zero-order valence-electron chi connectivity index (χ0n) is 13.8. The lowest BCUT2D eigenvalue weighted by Gasteiger charge is -2.11. The molecular formula is C20H21NO2. The second-order valence-corrected chi connectivity index (χ2v) is 5.11. The summed E-state index contributed by atoms with van der Waals surface area (Å²) < 4.78 is 11.2. The minimum atomic E-state index is 0.566. The Labute approximate surface area is 137 Å². The zero-order chi connectivity index (χ0) is 16.7. The number of benzene rings is 2. The van der Waals surface area contributed by atoms with Gasteiger partial charge in [0.25, 0.3) is 0 Å². The maximum absolute atomic E-state index is 9.45. The number of allylic oxidation sites excluding steroid dienone is 1. The molecule has 3 nitrogen and oxygen atoms in total. The Bertz CT molecular complexity index is 724. The van der Waals surface area contributed by atoms with Crippen LogP contribution in [-0.2, 0) is 0 Å². The number of nitrogens with zero attached hydrogens (tertiary/aromatic N) is 1. The van der Waals surface area contributed by atoms with Crippen LogP contribution in [0.1, 0.15) is 30.5 Å². The van der Waals surface area contributed by atoms with Gasteiger partial charge in [-0.2, -0.15) is 5.26 Å². The summed E-state index contributed by atoms with van der Waals surface area (Å²) >= 11 is 0. The van der Waals surface area contributed by atoms with Gasteiger partial charge in [-0.25, -0.2) is 0 Å². The molecule has 0 fully saturated rings. The van der Waals surface area contributed by atoms with Crippen molar-refractivity contribution in [1.82, 2.24) is 0 Å². The average Bonchev–Trinajstić information content (AvgIpc) is 2.56. The molecule has 0 atom stereocenters. The molecule has 0 radical (unpaired) electrons. The summed E-state index contributed by atoms with van der Waals surface area (Å²) in [4.78, 5) is 0. The molecule has 0 N–H and O–H groups in total. The number of nitriles is 1. The Hall–Kier alpha value is -2.73. The van der Waals surface area contributed by atoms with Crippen LogP contribution >= 0.6 is 0 Å². The highest BCUT2D eigenvalue weighted by Gasteiger charge is 2.07. The van der Waals surface area contributed by atoms with Crippen LogP contribution in [0.5, 0.6) is 11.5 Å². The molecule has 0 aromatic heterocycles. The quantitative estimate of drug-likeness (QED) is 0.565. The Balaban J connectivity index is 2.37. The van der Waals surface area contributed by atoms with Crippen molar-refractivity contribution in [2.75, 3.05) is 13.2 Å². The Morgan fingerprint density at radius 1 is 1.00 bits per heavy atom. The topological polar surface area (TPSA) is 42.2 Å². The van der Waals surface area contributed by atoms with E-state index in [-0.39, 0.29) is 0 Å². The molecule has 0 aliphatic rings. The van der Waals surface area contributed by atoms with Gasteiger partial charge in [0.1, 0.15) is 0 Å². The van der Waals surface area contributed by atoms with Crippen molar-refractivity contribution in [2.45, 2.75) is 20.8 Å². The molecule has 0 aliphatic heterocycles. The molecular weight excluding hydrogens is 286 g/mol. The lowest BCUT2D eigenvalue weighted by molar-refractivity contribution is 0.287. The Kier molecular flexibility index (Phi) is 5.82. The van der Waals surface area contributed by atoms with Gasteiger partial charge in [-0.15, -0.1) is 0 Å². The SMILES string of the molecule is CCOc1ccc(/C=C(\C#N)c2ccc(C)cc2)cc1OCC. The van der Waals surface area contributed by atoms with Crippen LogP contribution < -0.4 is 9.47 Å². The van der Waals surface area contributed by atoms with Crippen molar-refractivity contribution in [1.29, 1.82) is 5.26 Å². The standard InChI is InChI=1S/C20H21NO2/c1-4-22-19-11-8-16(13-20(19)23-5-2)12-18(14-21)17-9-6-15(3)7-10-17/h6-13H,4-5H2,1-3H3/b18-12+. The first-order valence-electron chi connectivity index (χ1n) is 7.76. The highest BCUT2D eigenvalue weighted by atomic mass is 16.5. The van der Waals surface area contributed by atoms with E-state index in [9.17, 15) is 5.26 Å². The van der Waals surface area contributed by atoms with E-state index in [0.29, 0.717) is 24.5 Å². The molecule has 0 unspecified atom stereocenters. The number of rotatable bonds is 6. The molecule has 118 valence electrons. The molecule has 3 heteroatoms. The summed E-state index contributed by atoms with van der Waals surface area (Å²) in [6.07, 6.45) is 1.86. The fourth-order valence-electron chi connectivity index (χ4n) is 2.24. The molecule has 2 aromatic rings. The zero-order valence-corrected chi connectivity index (χ0v) is 13.8. The largest absolute Gasteiger partial charge is 0.490 e. The molecule has 0 amide bonds. The van der Waals surface area contributed by atoms with E-state index in [0.717, 1.165) is 16.9 Å². The molecule has 0 spiro atoms. The molecule has 2 aromatic carbocycles. The van der Waals surface area contributed by atoms with Crippen LogP contribution in [0.4, 0.5) is 0 Å². The summed E-state index contributed by atoms with van der Waals surface area (Å²) in [6, 6.07) is 15.9. The van der Waals surface area contributed by atoms with Gasteiger partial charge in [-0.1, -0.05) is 35.9 Å². The Morgan fingerprint density at radius 3 is 2.26 bits per heavy atom. The molecule has 0 aliphatic carbocycles. The number of aryl methyl sites for hydroxylation is 1. The first-order valence-corrected chi connectivity index (χ1v) is 7.76. The highest BCUT2D eigenvalue weighted by molar-refractivity contribution is 5.89. The number of hydrogen-bond donors (Lipinski definition) is 0. The summed E-state index contributed by atoms with van der Waals surface area (Å²) in [6.45, 7) is 7.05. The number of ether oxygens (including phenoxy) is 2. The summed E-state index contributed by atoms with van der Waals surface area (Å²) in [7, 11) is 0. The van der Waals surface area contributed by atoms with E-state index >= 15 is 0 Å². The normalized spacial score (nSPS) is 11.0. The van der Waals surface area contributed by atoms with E-state index in [1.807, 2.05) is 69.3 Å². The predicted octanol–water partition coefficient (Wildman–Crippen LogP) is 4.86. The third-order valence-corrected chi connectivity index (χ3v) is 3.36. The summed E-state index contributed by atoms with van der Waals surface area (Å²) in [5, 5.41) is 9.45. The first kappa shape index (κ1) is 16.6. The van der Waals surface area contributed by atoms with E-state index in [2.05, 4.69) is 6.07 Å². The monoisotopic (exact) mass is 307 g/mol. The molecule has 0 heterocycles. The van der Waals surface area contributed by atoms with Gasteiger partial charge in [0.05, 0.1) is 24.9 Å². The van der Waals surface area contributed by atoms with Crippen molar-refractivity contribution < 1.29 is 9.47 Å². The van der Waals surface area contributed by atoms with Gasteiger partial charge in [0.15, 0.2) is 11.5 Å². The molecule has 0 saturated carbocycles. The van der Waals surface area contributed by atoms with Crippen molar-refractivity contribution in [3.8, 4) is 17.6 Å². The molecule has 2 rings (SSSR count). The third kappa shape index (κ3) is 4.37. The third-order valence-electron chi connectivity index (χ3n) is 3.36. The van der Waals surface area contributed by atoms with Gasteiger partial charge in [-0.3, -0.25) is 0 Å². The minimum absolute atomic E-state index is 0.566. The molecule has 0 bridgehead atoms. The van der Waals surface area contributed by atoms with Gasteiger partial charge >= 0.3 is 0 Å². The molecule has 23 heavy (non-hydrogen) atoms. The smallest absolute Gasteiger partial charge is 0.161 e. The number of hydrogen-bond acceptors (Lipinski definition) is 3. The van der Waals surface area contributed by atoms with Gasteiger partial charge in [-0.05, 0) is 50.1 Å². The van der Waals surface area contributed by atoms with Crippen LogP contribution in [0, 0.1) is 18.3 Å². The first-order chi connectivity index (χ1) is 11.2.